The zero-order valence-electron chi connectivity index (χ0n) is 12.9. The maximum absolute atomic E-state index is 6.19. The molecule has 0 amide bonds. The molecular weight excluding hydrogens is 278 g/mol. The summed E-state index contributed by atoms with van der Waals surface area (Å²) in [5.41, 5.74) is 5.65. The van der Waals surface area contributed by atoms with E-state index in [4.69, 9.17) is 11.6 Å². The van der Waals surface area contributed by atoms with Crippen molar-refractivity contribution >= 4 is 11.6 Å². The van der Waals surface area contributed by atoms with Gasteiger partial charge in [0.05, 0.1) is 0 Å². The van der Waals surface area contributed by atoms with Gasteiger partial charge in [-0.1, -0.05) is 61.3 Å². The molecule has 1 N–H and O–H groups in total. The molecule has 0 fully saturated rings. The van der Waals surface area contributed by atoms with Gasteiger partial charge < -0.3 is 5.32 Å². The van der Waals surface area contributed by atoms with Crippen molar-refractivity contribution < 1.29 is 0 Å². The van der Waals surface area contributed by atoms with Gasteiger partial charge in [-0.3, -0.25) is 0 Å². The van der Waals surface area contributed by atoms with Crippen LogP contribution in [-0.4, -0.2) is 0 Å². The highest BCUT2D eigenvalue weighted by molar-refractivity contribution is 6.30. The first-order valence-corrected chi connectivity index (χ1v) is 7.91. The fourth-order valence-electron chi connectivity index (χ4n) is 3.44. The van der Waals surface area contributed by atoms with E-state index >= 15 is 0 Å². The normalized spacial score (nSPS) is 19.5. The topological polar surface area (TPSA) is 12.0 Å². The summed E-state index contributed by atoms with van der Waals surface area (Å²) in [7, 11) is 0. The minimum atomic E-state index is 0.219. The smallest absolute Gasteiger partial charge is 0.0409 e. The van der Waals surface area contributed by atoms with Gasteiger partial charge in [0, 0.05) is 17.6 Å². The maximum atomic E-state index is 6.19. The minimum Gasteiger partial charge on any atom is -0.305 e. The molecule has 1 atom stereocenters. The SMILES string of the molecule is Cc1cccc(CNC2c3cc(Cl)ccc3CC2(C)C)c1. The van der Waals surface area contributed by atoms with Crippen molar-refractivity contribution in [2.45, 2.75) is 39.8 Å². The second-order valence-corrected chi connectivity index (χ2v) is 7.25. The predicted molar refractivity (Wildman–Crippen MR) is 89.7 cm³/mol. The Morgan fingerprint density at radius 3 is 2.76 bits per heavy atom. The summed E-state index contributed by atoms with van der Waals surface area (Å²) >= 11 is 6.19. The molecule has 21 heavy (non-hydrogen) atoms. The Morgan fingerprint density at radius 1 is 1.19 bits per heavy atom. The minimum absolute atomic E-state index is 0.219. The molecule has 1 aliphatic carbocycles. The molecule has 3 rings (SSSR count). The lowest BCUT2D eigenvalue weighted by atomic mass is 9.85. The second-order valence-electron chi connectivity index (χ2n) is 6.81. The van der Waals surface area contributed by atoms with Crippen LogP contribution in [0.2, 0.25) is 5.02 Å². The van der Waals surface area contributed by atoms with Gasteiger partial charge in [0.2, 0.25) is 0 Å². The Kier molecular flexibility index (Phi) is 3.81. The Morgan fingerprint density at radius 2 is 2.00 bits per heavy atom. The number of fused-ring (bicyclic) bond motifs is 1. The number of hydrogen-bond donors (Lipinski definition) is 1. The Labute approximate surface area is 132 Å². The number of nitrogens with one attached hydrogen (secondary N) is 1. The van der Waals surface area contributed by atoms with Gasteiger partial charge in [0.1, 0.15) is 0 Å². The van der Waals surface area contributed by atoms with Crippen molar-refractivity contribution in [3.63, 3.8) is 0 Å². The van der Waals surface area contributed by atoms with Crippen LogP contribution in [-0.2, 0) is 13.0 Å². The van der Waals surface area contributed by atoms with E-state index in [1.807, 2.05) is 6.07 Å². The standard InChI is InChI=1S/C19H22ClN/c1-13-5-4-6-14(9-13)12-21-18-17-10-16(20)8-7-15(17)11-19(18,2)3/h4-10,18,21H,11-12H2,1-3H3. The summed E-state index contributed by atoms with van der Waals surface area (Å²) in [6.45, 7) is 7.68. The second kappa shape index (κ2) is 5.47. The fourth-order valence-corrected chi connectivity index (χ4v) is 3.62. The Hall–Kier alpha value is -1.31. The van der Waals surface area contributed by atoms with Crippen molar-refractivity contribution in [3.05, 3.63) is 69.7 Å². The number of hydrogen-bond acceptors (Lipinski definition) is 1. The van der Waals surface area contributed by atoms with Crippen LogP contribution in [0.25, 0.3) is 0 Å². The third-order valence-electron chi connectivity index (χ3n) is 4.44. The first kappa shape index (κ1) is 14.6. The number of benzene rings is 2. The zero-order valence-corrected chi connectivity index (χ0v) is 13.7. The van der Waals surface area contributed by atoms with E-state index in [-0.39, 0.29) is 5.41 Å². The maximum Gasteiger partial charge on any atom is 0.0409 e. The quantitative estimate of drug-likeness (QED) is 0.835. The largest absolute Gasteiger partial charge is 0.305 e. The van der Waals surface area contributed by atoms with Crippen LogP contribution in [0.1, 0.15) is 42.1 Å². The van der Waals surface area contributed by atoms with Gasteiger partial charge >= 0.3 is 0 Å². The molecule has 0 aliphatic heterocycles. The molecule has 110 valence electrons. The van der Waals surface area contributed by atoms with Crippen LogP contribution in [0.4, 0.5) is 0 Å². The first-order valence-electron chi connectivity index (χ1n) is 7.53. The van der Waals surface area contributed by atoms with E-state index in [1.165, 1.54) is 22.3 Å². The molecule has 1 aliphatic rings. The third kappa shape index (κ3) is 3.00. The zero-order chi connectivity index (χ0) is 15.0. The molecule has 0 radical (unpaired) electrons. The Bertz CT molecular complexity index is 660. The predicted octanol–water partition coefficient (Wildman–Crippen LogP) is 5.06. The molecule has 1 nitrogen and oxygen atoms in total. The van der Waals surface area contributed by atoms with Crippen molar-refractivity contribution in [2.75, 3.05) is 0 Å². The van der Waals surface area contributed by atoms with Crippen molar-refractivity contribution in [1.82, 2.24) is 5.32 Å². The van der Waals surface area contributed by atoms with Crippen LogP contribution in [0, 0.1) is 12.3 Å². The van der Waals surface area contributed by atoms with Crippen LogP contribution in [0.5, 0.6) is 0 Å². The lowest BCUT2D eigenvalue weighted by molar-refractivity contribution is 0.268. The Balaban J connectivity index is 1.83. The van der Waals surface area contributed by atoms with E-state index in [0.29, 0.717) is 6.04 Å². The van der Waals surface area contributed by atoms with Crippen molar-refractivity contribution in [1.29, 1.82) is 0 Å². The number of rotatable bonds is 3. The van der Waals surface area contributed by atoms with Crippen LogP contribution in [0.15, 0.2) is 42.5 Å². The van der Waals surface area contributed by atoms with Crippen molar-refractivity contribution in [2.24, 2.45) is 5.41 Å². The summed E-state index contributed by atoms with van der Waals surface area (Å²) < 4.78 is 0. The van der Waals surface area contributed by atoms with Gasteiger partial charge in [-0.25, -0.2) is 0 Å². The molecule has 1 unspecified atom stereocenters. The average Bonchev–Trinajstić information content (AvgIpc) is 2.66. The highest BCUT2D eigenvalue weighted by Gasteiger charge is 2.38. The molecular formula is C19H22ClN. The van der Waals surface area contributed by atoms with Crippen LogP contribution in [0.3, 0.4) is 0 Å². The third-order valence-corrected chi connectivity index (χ3v) is 4.67. The molecule has 0 saturated carbocycles. The highest BCUT2D eigenvalue weighted by Crippen LogP contribution is 2.45. The molecule has 0 saturated heterocycles. The monoisotopic (exact) mass is 299 g/mol. The van der Waals surface area contributed by atoms with E-state index in [1.54, 1.807) is 0 Å². The summed E-state index contributed by atoms with van der Waals surface area (Å²) in [4.78, 5) is 0. The lowest BCUT2D eigenvalue weighted by Crippen LogP contribution is -2.30. The van der Waals surface area contributed by atoms with E-state index in [9.17, 15) is 0 Å². The lowest BCUT2D eigenvalue weighted by Gasteiger charge is -2.29. The average molecular weight is 300 g/mol. The van der Waals surface area contributed by atoms with E-state index < -0.39 is 0 Å². The molecule has 2 aromatic carbocycles. The molecule has 2 aromatic rings. The molecule has 2 heteroatoms. The van der Waals surface area contributed by atoms with E-state index in [0.717, 1.165) is 18.0 Å². The van der Waals surface area contributed by atoms with Gasteiger partial charge in [-0.2, -0.15) is 0 Å². The van der Waals surface area contributed by atoms with Crippen molar-refractivity contribution in [3.8, 4) is 0 Å². The van der Waals surface area contributed by atoms with Crippen LogP contribution < -0.4 is 5.32 Å². The molecule has 0 spiro atoms. The van der Waals surface area contributed by atoms with Gasteiger partial charge in [0.25, 0.3) is 0 Å². The number of halogens is 1. The van der Waals surface area contributed by atoms with Gasteiger partial charge in [0.15, 0.2) is 0 Å². The van der Waals surface area contributed by atoms with Crippen LogP contribution >= 0.6 is 11.6 Å². The molecule has 0 bridgehead atoms. The van der Waals surface area contributed by atoms with Gasteiger partial charge in [-0.05, 0) is 47.6 Å². The molecule has 0 aromatic heterocycles. The van der Waals surface area contributed by atoms with Gasteiger partial charge in [-0.15, -0.1) is 0 Å². The fraction of sp³-hybridized carbons (Fsp3) is 0.368. The summed E-state index contributed by atoms with van der Waals surface area (Å²) in [5, 5.41) is 4.57. The summed E-state index contributed by atoms with van der Waals surface area (Å²) in [6, 6.07) is 15.3. The summed E-state index contributed by atoms with van der Waals surface area (Å²) in [6.07, 6.45) is 1.10. The number of aryl methyl sites for hydroxylation is 1. The highest BCUT2D eigenvalue weighted by atomic mass is 35.5. The van der Waals surface area contributed by atoms with E-state index in [2.05, 4.69) is 62.5 Å². The summed E-state index contributed by atoms with van der Waals surface area (Å²) in [5.74, 6) is 0. The molecule has 0 heterocycles. The first-order chi connectivity index (χ1) is 9.95.